The van der Waals surface area contributed by atoms with Crippen molar-refractivity contribution in [3.63, 3.8) is 0 Å². The Morgan fingerprint density at radius 2 is 1.88 bits per heavy atom. The molecule has 0 fully saturated rings. The van der Waals surface area contributed by atoms with Crippen LogP contribution in [0.25, 0.3) is 21.8 Å². The van der Waals surface area contributed by atoms with Crippen molar-refractivity contribution >= 4 is 39.2 Å². The molecule has 5 rings (SSSR count). The molecule has 5 N–H and O–H groups in total. The van der Waals surface area contributed by atoms with Crippen molar-refractivity contribution in [2.75, 3.05) is 11.5 Å². The Morgan fingerprint density at radius 1 is 1.03 bits per heavy atom. The van der Waals surface area contributed by atoms with Crippen LogP contribution >= 0.6 is 0 Å². The number of nitrogen functional groups attached to an aromatic ring is 2. The van der Waals surface area contributed by atoms with Crippen molar-refractivity contribution < 1.29 is 4.79 Å². The molecule has 33 heavy (non-hydrogen) atoms. The van der Waals surface area contributed by atoms with Gasteiger partial charge in [0.25, 0.3) is 5.91 Å². The fraction of sp³-hybridized carbons (Fsp3) is 0.115. The van der Waals surface area contributed by atoms with Crippen LogP contribution in [-0.4, -0.2) is 25.8 Å². The molecule has 0 radical (unpaired) electrons. The molecule has 3 heterocycles. The number of carbonyl (C=O) groups excluding carboxylic acids is 1. The minimum absolute atomic E-state index is 0.0877. The van der Waals surface area contributed by atoms with Crippen molar-refractivity contribution in [2.45, 2.75) is 20.0 Å². The fourth-order valence-corrected chi connectivity index (χ4v) is 4.01. The highest BCUT2D eigenvalue weighted by Crippen LogP contribution is 2.24. The zero-order valence-electron chi connectivity index (χ0n) is 18.2. The van der Waals surface area contributed by atoms with Gasteiger partial charge in [0.2, 0.25) is 0 Å². The van der Waals surface area contributed by atoms with E-state index in [1.54, 1.807) is 23.2 Å². The lowest BCUT2D eigenvalue weighted by Crippen LogP contribution is -2.30. The number of nitrogens with two attached hydrogens (primary N) is 2. The van der Waals surface area contributed by atoms with Crippen LogP contribution in [0.4, 0.5) is 11.5 Å². The summed E-state index contributed by atoms with van der Waals surface area (Å²) in [4.78, 5) is 27.6. The van der Waals surface area contributed by atoms with E-state index in [0.29, 0.717) is 30.2 Å². The highest BCUT2D eigenvalue weighted by Gasteiger charge is 2.19. The summed E-state index contributed by atoms with van der Waals surface area (Å²) in [5.41, 5.74) is 17.4. The molecule has 0 aliphatic rings. The van der Waals surface area contributed by atoms with Gasteiger partial charge in [-0.3, -0.25) is 9.78 Å². The van der Waals surface area contributed by atoms with Crippen LogP contribution < -0.4 is 11.5 Å². The number of amides is 1. The van der Waals surface area contributed by atoms with Gasteiger partial charge in [0.1, 0.15) is 5.82 Å². The smallest absolute Gasteiger partial charge is 0.254 e. The number of aromatic nitrogens is 3. The quantitative estimate of drug-likeness (QED) is 0.377. The van der Waals surface area contributed by atoms with Crippen molar-refractivity contribution in [3.05, 3.63) is 95.4 Å². The lowest BCUT2D eigenvalue weighted by Gasteiger charge is -2.23. The second-order valence-electron chi connectivity index (χ2n) is 8.20. The van der Waals surface area contributed by atoms with E-state index in [1.165, 1.54) is 0 Å². The number of hydrogen-bond acceptors (Lipinski definition) is 5. The van der Waals surface area contributed by atoms with Gasteiger partial charge in [0.15, 0.2) is 0 Å². The predicted molar refractivity (Wildman–Crippen MR) is 131 cm³/mol. The van der Waals surface area contributed by atoms with Gasteiger partial charge in [-0.1, -0.05) is 18.2 Å². The monoisotopic (exact) mass is 436 g/mol. The number of pyridine rings is 2. The molecule has 7 nitrogen and oxygen atoms in total. The third kappa shape index (κ3) is 4.08. The van der Waals surface area contributed by atoms with Crippen LogP contribution in [0.3, 0.4) is 0 Å². The number of nitrogens with zero attached hydrogens (tertiary/aromatic N) is 3. The summed E-state index contributed by atoms with van der Waals surface area (Å²) in [6.45, 7) is 2.70. The highest BCUT2D eigenvalue weighted by molar-refractivity contribution is 5.98. The number of aryl methyl sites for hydroxylation is 1. The van der Waals surface area contributed by atoms with Crippen LogP contribution in [-0.2, 0) is 13.1 Å². The van der Waals surface area contributed by atoms with Crippen molar-refractivity contribution in [3.8, 4) is 0 Å². The van der Waals surface area contributed by atoms with E-state index in [2.05, 4.69) is 21.0 Å². The first-order valence-corrected chi connectivity index (χ1v) is 10.7. The molecule has 0 aliphatic carbocycles. The van der Waals surface area contributed by atoms with Crippen molar-refractivity contribution in [1.82, 2.24) is 19.9 Å². The average Bonchev–Trinajstić information content (AvgIpc) is 3.23. The summed E-state index contributed by atoms with van der Waals surface area (Å²) in [5, 5.41) is 1.97. The Labute approximate surface area is 191 Å². The van der Waals surface area contributed by atoms with Gasteiger partial charge in [-0.15, -0.1) is 0 Å². The second kappa shape index (κ2) is 8.27. The van der Waals surface area contributed by atoms with Gasteiger partial charge in [-0.2, -0.15) is 0 Å². The number of nitrogens with one attached hydrogen (secondary N) is 1. The fourth-order valence-electron chi connectivity index (χ4n) is 4.01. The summed E-state index contributed by atoms with van der Waals surface area (Å²) in [5.74, 6) is 0.409. The molecular formula is C26H24N6O. The number of carbonyl (C=O) groups is 1. The van der Waals surface area contributed by atoms with E-state index in [-0.39, 0.29) is 5.91 Å². The van der Waals surface area contributed by atoms with Crippen LogP contribution in [0.2, 0.25) is 0 Å². The largest absolute Gasteiger partial charge is 0.397 e. The maximum atomic E-state index is 13.7. The SMILES string of the molecule is Cc1cc2cc(C(=O)N(Cc3ccc(N)cn3)Cc3c[nH]c4ccccc34)ccc2nc1N. The van der Waals surface area contributed by atoms with E-state index in [9.17, 15) is 4.79 Å². The second-order valence-corrected chi connectivity index (χ2v) is 8.20. The number of anilines is 2. The highest BCUT2D eigenvalue weighted by atomic mass is 16.2. The minimum Gasteiger partial charge on any atom is -0.397 e. The third-order valence-electron chi connectivity index (χ3n) is 5.82. The summed E-state index contributed by atoms with van der Waals surface area (Å²) in [6, 6.07) is 19.2. The number of rotatable bonds is 5. The molecule has 0 unspecified atom stereocenters. The van der Waals surface area contributed by atoms with Crippen LogP contribution in [0, 0.1) is 6.92 Å². The number of fused-ring (bicyclic) bond motifs is 2. The Bertz CT molecular complexity index is 1470. The maximum Gasteiger partial charge on any atom is 0.254 e. The lowest BCUT2D eigenvalue weighted by atomic mass is 10.1. The summed E-state index contributed by atoms with van der Waals surface area (Å²) in [7, 11) is 0. The first kappa shape index (κ1) is 20.5. The van der Waals surface area contributed by atoms with Gasteiger partial charge < -0.3 is 21.4 Å². The van der Waals surface area contributed by atoms with E-state index < -0.39 is 0 Å². The zero-order valence-corrected chi connectivity index (χ0v) is 18.2. The molecule has 0 atom stereocenters. The molecule has 0 saturated heterocycles. The van der Waals surface area contributed by atoms with E-state index in [4.69, 9.17) is 11.5 Å². The zero-order chi connectivity index (χ0) is 22.9. The molecule has 164 valence electrons. The van der Waals surface area contributed by atoms with Crippen LogP contribution in [0.1, 0.15) is 27.2 Å². The molecule has 3 aromatic heterocycles. The predicted octanol–water partition coefficient (Wildman–Crippen LogP) is 4.43. The van der Waals surface area contributed by atoms with Gasteiger partial charge >= 0.3 is 0 Å². The molecule has 7 heteroatoms. The Morgan fingerprint density at radius 3 is 2.70 bits per heavy atom. The molecule has 0 spiro atoms. The molecular weight excluding hydrogens is 412 g/mol. The van der Waals surface area contributed by atoms with Gasteiger partial charge in [0, 0.05) is 34.6 Å². The average molecular weight is 437 g/mol. The van der Waals surface area contributed by atoms with E-state index in [0.717, 1.165) is 38.6 Å². The number of aromatic amines is 1. The summed E-state index contributed by atoms with van der Waals surface area (Å²) in [6.07, 6.45) is 3.57. The third-order valence-corrected chi connectivity index (χ3v) is 5.82. The lowest BCUT2D eigenvalue weighted by molar-refractivity contribution is 0.0729. The van der Waals surface area contributed by atoms with E-state index in [1.807, 2.05) is 55.6 Å². The number of hydrogen-bond donors (Lipinski definition) is 3. The number of H-pyrrole nitrogens is 1. The van der Waals surface area contributed by atoms with Crippen LogP contribution in [0.15, 0.2) is 73.1 Å². The molecule has 0 aliphatic heterocycles. The molecule has 2 aromatic carbocycles. The normalized spacial score (nSPS) is 11.2. The van der Waals surface area contributed by atoms with Gasteiger partial charge in [0.05, 0.1) is 29.6 Å². The minimum atomic E-state index is -0.0877. The Kier molecular flexibility index (Phi) is 5.14. The Balaban J connectivity index is 1.52. The van der Waals surface area contributed by atoms with Gasteiger partial charge in [-0.05, 0) is 60.5 Å². The first-order chi connectivity index (χ1) is 16.0. The summed E-state index contributed by atoms with van der Waals surface area (Å²) >= 11 is 0. The van der Waals surface area contributed by atoms with Crippen molar-refractivity contribution in [1.29, 1.82) is 0 Å². The standard InChI is InChI=1S/C26H24N6O/c1-16-10-18-11-17(6-9-23(18)31-25(16)28)26(33)32(15-21-8-7-20(27)13-29-21)14-19-12-30-24-5-3-2-4-22(19)24/h2-13,30H,14-15,27H2,1H3,(H2,28,31). The van der Waals surface area contributed by atoms with E-state index >= 15 is 0 Å². The molecule has 5 aromatic rings. The summed E-state index contributed by atoms with van der Waals surface area (Å²) < 4.78 is 0. The number of para-hydroxylation sites is 1. The number of benzene rings is 2. The van der Waals surface area contributed by atoms with Crippen molar-refractivity contribution in [2.24, 2.45) is 0 Å². The topological polar surface area (TPSA) is 114 Å². The maximum absolute atomic E-state index is 13.7. The first-order valence-electron chi connectivity index (χ1n) is 10.7. The molecule has 0 saturated carbocycles. The van der Waals surface area contributed by atoms with Crippen LogP contribution in [0.5, 0.6) is 0 Å². The Hall–Kier alpha value is -4.39. The van der Waals surface area contributed by atoms with Gasteiger partial charge in [-0.25, -0.2) is 4.98 Å². The molecule has 1 amide bonds. The molecule has 0 bridgehead atoms.